The molecule has 1 aliphatic rings. The highest BCUT2D eigenvalue weighted by molar-refractivity contribution is 6.61. The van der Waals surface area contributed by atoms with Gasteiger partial charge in [0.1, 0.15) is 25.4 Å². The first-order chi connectivity index (χ1) is 12.4. The van der Waals surface area contributed by atoms with Crippen molar-refractivity contribution in [2.45, 2.75) is 39.1 Å². The van der Waals surface area contributed by atoms with Crippen molar-refractivity contribution < 1.29 is 37.9 Å². The summed E-state index contributed by atoms with van der Waals surface area (Å²) < 4.78 is 27.0. The molecule has 0 aromatic heterocycles. The second-order valence-corrected chi connectivity index (χ2v) is 5.77. The van der Waals surface area contributed by atoms with Gasteiger partial charge in [-0.05, 0) is 5.46 Å². The average Bonchev–Trinajstić information content (AvgIpc) is 3.01. The molecule has 1 fully saturated rings. The minimum absolute atomic E-state index is 0.0822. The van der Waals surface area contributed by atoms with Gasteiger partial charge < -0.3 is 23.5 Å². The molecule has 0 spiro atoms. The third kappa shape index (κ3) is 5.85. The standard InChI is InChI=1S/C17H21BO8/c1-11(19)22-9-15(24-13(3)21)17-16(10-23-12(2)20)25-18(26-17)14-7-5-4-6-8-14/h4-8,15-17H,9-10H2,1-3H3/t15-,16-,17-/m0/s1. The van der Waals surface area contributed by atoms with Crippen molar-refractivity contribution in [3.63, 3.8) is 0 Å². The van der Waals surface area contributed by atoms with Crippen LogP contribution in [0.1, 0.15) is 20.8 Å². The lowest BCUT2D eigenvalue weighted by Gasteiger charge is -2.26. The highest BCUT2D eigenvalue weighted by Crippen LogP contribution is 2.23. The first kappa shape index (κ1) is 19.9. The molecule has 1 aliphatic heterocycles. The molecule has 0 amide bonds. The fraction of sp³-hybridized carbons (Fsp3) is 0.471. The van der Waals surface area contributed by atoms with Crippen molar-refractivity contribution in [2.75, 3.05) is 13.2 Å². The van der Waals surface area contributed by atoms with Crippen LogP contribution >= 0.6 is 0 Å². The van der Waals surface area contributed by atoms with Gasteiger partial charge in [0.05, 0.1) is 0 Å². The van der Waals surface area contributed by atoms with Gasteiger partial charge in [-0.25, -0.2) is 0 Å². The van der Waals surface area contributed by atoms with E-state index < -0.39 is 43.3 Å². The summed E-state index contributed by atoms with van der Waals surface area (Å²) in [4.78, 5) is 33.7. The molecule has 1 saturated heterocycles. The van der Waals surface area contributed by atoms with Crippen LogP contribution in [0.5, 0.6) is 0 Å². The van der Waals surface area contributed by atoms with Crippen molar-refractivity contribution in [3.8, 4) is 0 Å². The molecule has 3 atom stereocenters. The number of carbonyl (C=O) groups is 3. The van der Waals surface area contributed by atoms with Crippen molar-refractivity contribution in [3.05, 3.63) is 30.3 Å². The predicted octanol–water partition coefficient (Wildman–Crippen LogP) is 0.224. The van der Waals surface area contributed by atoms with Gasteiger partial charge in [0.25, 0.3) is 0 Å². The van der Waals surface area contributed by atoms with Crippen molar-refractivity contribution in [1.82, 2.24) is 0 Å². The molecule has 0 aliphatic carbocycles. The Labute approximate surface area is 151 Å². The fourth-order valence-corrected chi connectivity index (χ4v) is 2.54. The van der Waals surface area contributed by atoms with Gasteiger partial charge in [0.2, 0.25) is 0 Å². The molecule has 0 N–H and O–H groups in total. The molecular formula is C17H21BO8. The summed E-state index contributed by atoms with van der Waals surface area (Å²) in [6.07, 6.45) is -2.36. The number of carbonyl (C=O) groups excluding carboxylic acids is 3. The molecule has 0 saturated carbocycles. The van der Waals surface area contributed by atoms with Gasteiger partial charge in [0, 0.05) is 20.8 Å². The van der Waals surface area contributed by atoms with Crippen molar-refractivity contribution >= 4 is 30.5 Å². The molecule has 1 heterocycles. The molecule has 1 aromatic carbocycles. The quantitative estimate of drug-likeness (QED) is 0.385. The van der Waals surface area contributed by atoms with Crippen molar-refractivity contribution in [1.29, 1.82) is 0 Å². The van der Waals surface area contributed by atoms with Gasteiger partial charge in [-0.3, -0.25) is 14.4 Å². The van der Waals surface area contributed by atoms with Crippen LogP contribution in [0.4, 0.5) is 0 Å². The van der Waals surface area contributed by atoms with Crippen LogP contribution in [-0.2, 0) is 37.9 Å². The Morgan fingerprint density at radius 1 is 1.00 bits per heavy atom. The van der Waals surface area contributed by atoms with Crippen LogP contribution in [0, 0.1) is 0 Å². The number of rotatable bonds is 7. The summed E-state index contributed by atoms with van der Waals surface area (Å²) in [6, 6.07) is 9.16. The first-order valence-electron chi connectivity index (χ1n) is 8.16. The molecule has 0 unspecified atom stereocenters. The topological polar surface area (TPSA) is 97.4 Å². The van der Waals surface area contributed by atoms with Crippen LogP contribution in [-0.4, -0.2) is 56.6 Å². The van der Waals surface area contributed by atoms with E-state index in [0.29, 0.717) is 0 Å². The van der Waals surface area contributed by atoms with E-state index in [9.17, 15) is 14.4 Å². The number of benzene rings is 1. The molecule has 1 aromatic rings. The van der Waals surface area contributed by atoms with E-state index in [1.54, 1.807) is 0 Å². The normalized spacial score (nSPS) is 20.3. The molecule has 26 heavy (non-hydrogen) atoms. The van der Waals surface area contributed by atoms with Gasteiger partial charge in [-0.15, -0.1) is 0 Å². The van der Waals surface area contributed by atoms with Crippen LogP contribution in [0.15, 0.2) is 30.3 Å². The lowest BCUT2D eigenvalue weighted by Crippen LogP contribution is -2.43. The lowest BCUT2D eigenvalue weighted by molar-refractivity contribution is -0.164. The summed E-state index contributed by atoms with van der Waals surface area (Å²) in [5, 5.41) is 0. The number of esters is 3. The monoisotopic (exact) mass is 364 g/mol. The summed E-state index contributed by atoms with van der Waals surface area (Å²) in [6.45, 7) is 3.50. The Morgan fingerprint density at radius 3 is 2.23 bits per heavy atom. The second kappa shape index (κ2) is 9.35. The lowest BCUT2D eigenvalue weighted by atomic mass is 9.79. The zero-order chi connectivity index (χ0) is 19.1. The zero-order valence-electron chi connectivity index (χ0n) is 14.9. The van der Waals surface area contributed by atoms with Crippen molar-refractivity contribution in [2.24, 2.45) is 0 Å². The number of hydrogen-bond donors (Lipinski definition) is 0. The van der Waals surface area contributed by atoms with E-state index in [0.717, 1.165) is 5.46 Å². The van der Waals surface area contributed by atoms with Crippen LogP contribution in [0.25, 0.3) is 0 Å². The molecule has 0 radical (unpaired) electrons. The SMILES string of the molecule is CC(=O)OC[C@@H]1OB(c2ccccc2)O[C@H]1[C@H](COC(C)=O)OC(C)=O. The van der Waals surface area contributed by atoms with E-state index in [2.05, 4.69) is 0 Å². The maximum absolute atomic E-state index is 11.4. The Hall–Kier alpha value is -2.39. The molecule has 9 heteroatoms. The molecule has 140 valence electrons. The minimum atomic E-state index is -0.898. The van der Waals surface area contributed by atoms with E-state index in [1.807, 2.05) is 30.3 Å². The largest absolute Gasteiger partial charge is 0.494 e. The molecular weight excluding hydrogens is 343 g/mol. The van der Waals surface area contributed by atoms with Crippen LogP contribution in [0.3, 0.4) is 0 Å². The summed E-state index contributed by atoms with van der Waals surface area (Å²) >= 11 is 0. The Balaban J connectivity index is 2.18. The molecule has 8 nitrogen and oxygen atoms in total. The highest BCUT2D eigenvalue weighted by Gasteiger charge is 2.46. The van der Waals surface area contributed by atoms with Crippen LogP contribution in [0.2, 0.25) is 0 Å². The van der Waals surface area contributed by atoms with E-state index in [4.69, 9.17) is 23.5 Å². The maximum atomic E-state index is 11.4. The van der Waals surface area contributed by atoms with E-state index >= 15 is 0 Å². The fourth-order valence-electron chi connectivity index (χ4n) is 2.54. The number of ether oxygens (including phenoxy) is 3. The Kier molecular flexibility index (Phi) is 7.17. The third-order valence-electron chi connectivity index (χ3n) is 3.60. The summed E-state index contributed by atoms with van der Waals surface area (Å²) in [7, 11) is -0.725. The smallest absolute Gasteiger partial charge is 0.463 e. The van der Waals surface area contributed by atoms with Gasteiger partial charge in [-0.2, -0.15) is 0 Å². The average molecular weight is 364 g/mol. The van der Waals surface area contributed by atoms with Crippen LogP contribution < -0.4 is 5.46 Å². The maximum Gasteiger partial charge on any atom is 0.494 e. The zero-order valence-corrected chi connectivity index (χ0v) is 14.9. The van der Waals surface area contributed by atoms with E-state index in [1.165, 1.54) is 20.8 Å². The van der Waals surface area contributed by atoms with Gasteiger partial charge in [-0.1, -0.05) is 30.3 Å². The number of hydrogen-bond acceptors (Lipinski definition) is 8. The van der Waals surface area contributed by atoms with E-state index in [-0.39, 0.29) is 13.2 Å². The van der Waals surface area contributed by atoms with Gasteiger partial charge >= 0.3 is 25.0 Å². The van der Waals surface area contributed by atoms with Gasteiger partial charge in [0.15, 0.2) is 6.10 Å². The predicted molar refractivity (Wildman–Crippen MR) is 90.4 cm³/mol. The Bertz CT molecular complexity index is 635. The molecule has 0 bridgehead atoms. The molecule has 2 rings (SSSR count). The second-order valence-electron chi connectivity index (χ2n) is 5.77. The Morgan fingerprint density at radius 2 is 1.65 bits per heavy atom. The first-order valence-corrected chi connectivity index (χ1v) is 8.16. The third-order valence-corrected chi connectivity index (χ3v) is 3.60. The summed E-state index contributed by atoms with van der Waals surface area (Å²) in [5.74, 6) is -1.54. The highest BCUT2D eigenvalue weighted by atomic mass is 16.7. The minimum Gasteiger partial charge on any atom is -0.463 e. The summed E-state index contributed by atoms with van der Waals surface area (Å²) in [5.41, 5.74) is 0.761.